The summed E-state index contributed by atoms with van der Waals surface area (Å²) in [4.78, 5) is 11.0. The van der Waals surface area contributed by atoms with Gasteiger partial charge in [0, 0.05) is 6.08 Å². The Morgan fingerprint density at radius 3 is 2.47 bits per heavy atom. The van der Waals surface area contributed by atoms with Gasteiger partial charge in [0.1, 0.15) is 5.75 Å². The Bertz CT molecular complexity index is 439. The first-order chi connectivity index (χ1) is 9.01. The largest absolute Gasteiger partial charge is 0.466 e. The number of ether oxygens (including phenoxy) is 2. The molecule has 0 radical (unpaired) electrons. The molecule has 0 saturated heterocycles. The molecule has 104 valence electrons. The summed E-state index contributed by atoms with van der Waals surface area (Å²) in [7, 11) is 1.33. The number of methoxy groups -OCH3 is 1. The van der Waals surface area contributed by atoms with Crippen LogP contribution in [-0.2, 0) is 16.0 Å². The highest BCUT2D eigenvalue weighted by Crippen LogP contribution is 2.16. The molecule has 0 atom stereocenters. The van der Waals surface area contributed by atoms with Crippen molar-refractivity contribution in [1.82, 2.24) is 0 Å². The fourth-order valence-electron chi connectivity index (χ4n) is 1.51. The molecule has 5 heteroatoms. The average Bonchev–Trinajstić information content (AvgIpc) is 2.37. The van der Waals surface area contributed by atoms with Gasteiger partial charge >= 0.3 is 12.6 Å². The Morgan fingerprint density at radius 1 is 1.32 bits per heavy atom. The summed E-state index contributed by atoms with van der Waals surface area (Å²) in [5.74, 6) is -0.237. The number of esters is 1. The van der Waals surface area contributed by atoms with Crippen molar-refractivity contribution in [3.8, 4) is 5.75 Å². The summed E-state index contributed by atoms with van der Waals surface area (Å²) >= 11 is 0. The molecule has 1 aromatic rings. The molecule has 0 saturated carbocycles. The lowest BCUT2D eigenvalue weighted by Gasteiger charge is -2.06. The first-order valence-corrected chi connectivity index (χ1v) is 5.80. The van der Waals surface area contributed by atoms with Gasteiger partial charge in [-0.25, -0.2) is 4.79 Å². The second-order valence-electron chi connectivity index (χ2n) is 4.04. The summed E-state index contributed by atoms with van der Waals surface area (Å²) in [6.07, 6.45) is 2.85. The molecule has 0 spiro atoms. The van der Waals surface area contributed by atoms with E-state index in [2.05, 4.69) is 9.47 Å². The molecule has 0 unspecified atom stereocenters. The SMILES string of the molecule is COC(=O)/C=C(/C)CCc1ccc(OC(F)F)cc1. The number of hydrogen-bond acceptors (Lipinski definition) is 3. The quantitative estimate of drug-likeness (QED) is 0.587. The van der Waals surface area contributed by atoms with E-state index in [0.717, 1.165) is 11.1 Å². The first-order valence-electron chi connectivity index (χ1n) is 5.80. The maximum absolute atomic E-state index is 12.0. The molecule has 19 heavy (non-hydrogen) atoms. The molecule has 0 N–H and O–H groups in total. The van der Waals surface area contributed by atoms with Gasteiger partial charge < -0.3 is 9.47 Å². The maximum atomic E-state index is 12.0. The average molecular weight is 270 g/mol. The third kappa shape index (κ3) is 5.99. The second kappa shape index (κ2) is 7.51. The molecule has 0 amide bonds. The van der Waals surface area contributed by atoms with Crippen molar-refractivity contribution in [2.24, 2.45) is 0 Å². The smallest absolute Gasteiger partial charge is 0.387 e. The van der Waals surface area contributed by atoms with Gasteiger partial charge in [0.05, 0.1) is 7.11 Å². The van der Waals surface area contributed by atoms with Crippen molar-refractivity contribution in [3.63, 3.8) is 0 Å². The van der Waals surface area contributed by atoms with Crippen molar-refractivity contribution in [2.45, 2.75) is 26.4 Å². The van der Waals surface area contributed by atoms with Crippen molar-refractivity contribution < 1.29 is 23.0 Å². The lowest BCUT2D eigenvalue weighted by molar-refractivity contribution is -0.134. The molecule has 3 nitrogen and oxygen atoms in total. The van der Waals surface area contributed by atoms with Crippen LogP contribution in [-0.4, -0.2) is 19.7 Å². The van der Waals surface area contributed by atoms with Crippen molar-refractivity contribution in [2.75, 3.05) is 7.11 Å². The monoisotopic (exact) mass is 270 g/mol. The van der Waals surface area contributed by atoms with E-state index < -0.39 is 6.61 Å². The minimum atomic E-state index is -2.81. The van der Waals surface area contributed by atoms with Crippen LogP contribution in [0.4, 0.5) is 8.78 Å². The van der Waals surface area contributed by atoms with Crippen molar-refractivity contribution >= 4 is 5.97 Å². The summed E-state index contributed by atoms with van der Waals surface area (Å²) in [6, 6.07) is 6.45. The maximum Gasteiger partial charge on any atom is 0.387 e. The zero-order valence-corrected chi connectivity index (χ0v) is 10.9. The van der Waals surface area contributed by atoms with Gasteiger partial charge in [-0.3, -0.25) is 0 Å². The molecule has 1 aromatic carbocycles. The topological polar surface area (TPSA) is 35.5 Å². The number of aryl methyl sites for hydroxylation is 1. The van der Waals surface area contributed by atoms with E-state index in [1.54, 1.807) is 12.1 Å². The molecule has 0 aliphatic heterocycles. The van der Waals surface area contributed by atoms with Gasteiger partial charge in [-0.05, 0) is 37.5 Å². The van der Waals surface area contributed by atoms with E-state index >= 15 is 0 Å². The Kier molecular flexibility index (Phi) is 5.99. The lowest BCUT2D eigenvalue weighted by atomic mass is 10.1. The van der Waals surface area contributed by atoms with Crippen LogP contribution in [0.3, 0.4) is 0 Å². The van der Waals surface area contributed by atoms with Crippen LogP contribution in [0.2, 0.25) is 0 Å². The molecule has 0 aliphatic carbocycles. The Labute approximate surface area is 110 Å². The number of alkyl halides is 2. The minimum Gasteiger partial charge on any atom is -0.466 e. The number of hydrogen-bond donors (Lipinski definition) is 0. The molecule has 0 bridgehead atoms. The lowest BCUT2D eigenvalue weighted by Crippen LogP contribution is -2.01. The van der Waals surface area contributed by atoms with Crippen LogP contribution in [0.15, 0.2) is 35.9 Å². The molecule has 0 aromatic heterocycles. The fourth-order valence-corrected chi connectivity index (χ4v) is 1.51. The molecule has 0 heterocycles. The Hall–Kier alpha value is -1.91. The zero-order valence-electron chi connectivity index (χ0n) is 10.9. The number of rotatable bonds is 6. The van der Waals surface area contributed by atoms with Gasteiger partial charge in [0.15, 0.2) is 0 Å². The van der Waals surface area contributed by atoms with Crippen LogP contribution in [0.5, 0.6) is 5.75 Å². The third-order valence-corrected chi connectivity index (χ3v) is 2.52. The van der Waals surface area contributed by atoms with Crippen molar-refractivity contribution in [1.29, 1.82) is 0 Å². The number of carbonyl (C=O) groups excluding carboxylic acids is 1. The number of carbonyl (C=O) groups is 1. The zero-order chi connectivity index (χ0) is 14.3. The predicted octanol–water partition coefficient (Wildman–Crippen LogP) is 3.34. The van der Waals surface area contributed by atoms with E-state index in [4.69, 9.17) is 0 Å². The van der Waals surface area contributed by atoms with Gasteiger partial charge in [-0.15, -0.1) is 0 Å². The first kappa shape index (κ1) is 15.1. The predicted molar refractivity (Wildman–Crippen MR) is 67.2 cm³/mol. The van der Waals surface area contributed by atoms with Gasteiger partial charge in [-0.2, -0.15) is 8.78 Å². The van der Waals surface area contributed by atoms with Gasteiger partial charge in [0.25, 0.3) is 0 Å². The molecule has 0 aliphatic rings. The fraction of sp³-hybridized carbons (Fsp3) is 0.357. The Balaban J connectivity index is 2.50. The molecule has 0 fully saturated rings. The highest BCUT2D eigenvalue weighted by Gasteiger charge is 2.04. The number of benzene rings is 1. The van der Waals surface area contributed by atoms with Crippen LogP contribution >= 0.6 is 0 Å². The van der Waals surface area contributed by atoms with Gasteiger partial charge in [-0.1, -0.05) is 17.7 Å². The summed E-state index contributed by atoms with van der Waals surface area (Å²) in [5, 5.41) is 0. The van der Waals surface area contributed by atoms with E-state index in [9.17, 15) is 13.6 Å². The number of halogens is 2. The Morgan fingerprint density at radius 2 is 1.95 bits per heavy atom. The summed E-state index contributed by atoms with van der Waals surface area (Å²) in [6.45, 7) is -0.971. The van der Waals surface area contributed by atoms with E-state index in [0.29, 0.717) is 12.8 Å². The summed E-state index contributed by atoms with van der Waals surface area (Å²) < 4.78 is 32.7. The second-order valence-corrected chi connectivity index (χ2v) is 4.04. The van der Waals surface area contributed by atoms with Crippen LogP contribution in [0.1, 0.15) is 18.9 Å². The number of allylic oxidation sites excluding steroid dienone is 1. The standard InChI is InChI=1S/C14H16F2O3/c1-10(9-13(17)18-2)3-4-11-5-7-12(8-6-11)19-14(15)16/h5-9,14H,3-4H2,1-2H3/b10-9-. The van der Waals surface area contributed by atoms with E-state index in [1.165, 1.54) is 25.3 Å². The molecular formula is C14H16F2O3. The molecular weight excluding hydrogens is 254 g/mol. The minimum absolute atomic E-state index is 0.139. The van der Waals surface area contributed by atoms with Crippen molar-refractivity contribution in [3.05, 3.63) is 41.5 Å². The highest BCUT2D eigenvalue weighted by atomic mass is 19.3. The van der Waals surface area contributed by atoms with Crippen LogP contribution in [0, 0.1) is 0 Å². The molecule has 1 rings (SSSR count). The van der Waals surface area contributed by atoms with E-state index in [1.807, 2.05) is 6.92 Å². The van der Waals surface area contributed by atoms with Crippen LogP contribution < -0.4 is 4.74 Å². The third-order valence-electron chi connectivity index (χ3n) is 2.52. The van der Waals surface area contributed by atoms with E-state index in [-0.39, 0.29) is 11.7 Å². The summed E-state index contributed by atoms with van der Waals surface area (Å²) in [5.41, 5.74) is 1.89. The van der Waals surface area contributed by atoms with Crippen LogP contribution in [0.25, 0.3) is 0 Å². The van der Waals surface area contributed by atoms with Gasteiger partial charge in [0.2, 0.25) is 0 Å². The normalized spacial score (nSPS) is 11.5. The highest BCUT2D eigenvalue weighted by molar-refractivity contribution is 5.82.